The van der Waals surface area contributed by atoms with Gasteiger partial charge >= 0.3 is 0 Å². The van der Waals surface area contributed by atoms with E-state index in [1.165, 1.54) is 5.01 Å². The number of rotatable bonds is 3. The Labute approximate surface area is 134 Å². The molecule has 1 fully saturated rings. The summed E-state index contributed by atoms with van der Waals surface area (Å²) in [6.07, 6.45) is 1.59. The van der Waals surface area contributed by atoms with Gasteiger partial charge in [-0.15, -0.1) is 0 Å². The molecule has 0 spiro atoms. The quantitative estimate of drug-likeness (QED) is 0.700. The summed E-state index contributed by atoms with van der Waals surface area (Å²) in [5, 5.41) is 1.25. The number of ether oxygens (including phenoxy) is 1. The minimum atomic E-state index is -0.410. The standard InChI is InChI=1S/C18H16N2O3/c1-12-10-13(8-9-16(12)23-2)11-15-17(21)19-20(18(15)22)14-6-4-3-5-7-14/h3-11H,1-2H3,(H,19,21). The Bertz CT molecular complexity index is 797. The van der Waals surface area contributed by atoms with Crippen molar-refractivity contribution in [3.05, 3.63) is 65.2 Å². The van der Waals surface area contributed by atoms with Gasteiger partial charge in [-0.05, 0) is 48.4 Å². The van der Waals surface area contributed by atoms with Gasteiger partial charge in [0.2, 0.25) is 0 Å². The molecule has 0 unspecified atom stereocenters. The Hall–Kier alpha value is -3.08. The van der Waals surface area contributed by atoms with Crippen LogP contribution in [0.3, 0.4) is 0 Å². The van der Waals surface area contributed by atoms with Gasteiger partial charge in [-0.3, -0.25) is 15.0 Å². The number of carbonyl (C=O) groups excluding carboxylic acids is 2. The van der Waals surface area contributed by atoms with Crippen LogP contribution < -0.4 is 15.2 Å². The SMILES string of the molecule is COc1ccc(C=C2C(=O)NN(c3ccccc3)C2=O)cc1C. The third kappa shape index (κ3) is 2.81. The topological polar surface area (TPSA) is 58.6 Å². The Morgan fingerprint density at radius 3 is 2.48 bits per heavy atom. The molecule has 1 aliphatic rings. The Balaban J connectivity index is 1.92. The lowest BCUT2D eigenvalue weighted by Gasteiger charge is -2.13. The molecule has 2 amide bonds. The maximum Gasteiger partial charge on any atom is 0.282 e. The molecule has 1 saturated heterocycles. The van der Waals surface area contributed by atoms with Crippen LogP contribution in [0.4, 0.5) is 5.69 Å². The molecule has 0 aromatic heterocycles. The maximum atomic E-state index is 12.5. The minimum Gasteiger partial charge on any atom is -0.496 e. The Kier molecular flexibility index (Phi) is 3.85. The number of anilines is 1. The number of nitrogens with one attached hydrogen (secondary N) is 1. The number of hydrogen-bond donors (Lipinski definition) is 1. The normalized spacial score (nSPS) is 15.9. The van der Waals surface area contributed by atoms with Gasteiger partial charge in [0.05, 0.1) is 12.8 Å². The predicted octanol–water partition coefficient (Wildman–Crippen LogP) is 2.47. The molecular weight excluding hydrogens is 292 g/mol. The first kappa shape index (κ1) is 14.8. The molecule has 0 aliphatic carbocycles. The van der Waals surface area contributed by atoms with Crippen molar-refractivity contribution in [2.45, 2.75) is 6.92 Å². The van der Waals surface area contributed by atoms with Crippen LogP contribution in [-0.2, 0) is 9.59 Å². The van der Waals surface area contributed by atoms with Crippen LogP contribution in [0.1, 0.15) is 11.1 Å². The summed E-state index contributed by atoms with van der Waals surface area (Å²) in [5.74, 6) is -0.0118. The van der Waals surface area contributed by atoms with Gasteiger partial charge in [0.15, 0.2) is 0 Å². The molecule has 1 heterocycles. The zero-order valence-electron chi connectivity index (χ0n) is 12.9. The molecule has 116 valence electrons. The van der Waals surface area contributed by atoms with Gasteiger partial charge in [0.25, 0.3) is 11.8 Å². The maximum absolute atomic E-state index is 12.5. The molecule has 3 rings (SSSR count). The summed E-state index contributed by atoms with van der Waals surface area (Å²) in [7, 11) is 1.60. The predicted molar refractivity (Wildman–Crippen MR) is 87.8 cm³/mol. The molecule has 2 aromatic rings. The number of benzene rings is 2. The molecule has 1 N–H and O–H groups in total. The monoisotopic (exact) mass is 308 g/mol. The number of amides is 2. The van der Waals surface area contributed by atoms with Crippen LogP contribution in [-0.4, -0.2) is 18.9 Å². The molecule has 1 aliphatic heterocycles. The highest BCUT2D eigenvalue weighted by molar-refractivity contribution is 6.31. The van der Waals surface area contributed by atoms with Gasteiger partial charge in [-0.1, -0.05) is 24.3 Å². The molecule has 0 bridgehead atoms. The lowest BCUT2D eigenvalue weighted by Crippen LogP contribution is -2.35. The third-order valence-corrected chi connectivity index (χ3v) is 3.64. The molecule has 0 radical (unpaired) electrons. The van der Waals surface area contributed by atoms with E-state index in [1.807, 2.05) is 43.3 Å². The number of hydrazine groups is 1. The fourth-order valence-electron chi connectivity index (χ4n) is 2.47. The van der Waals surface area contributed by atoms with Gasteiger partial charge < -0.3 is 4.74 Å². The Morgan fingerprint density at radius 2 is 1.83 bits per heavy atom. The van der Waals surface area contributed by atoms with Gasteiger partial charge in [-0.2, -0.15) is 0 Å². The number of methoxy groups -OCH3 is 1. The smallest absolute Gasteiger partial charge is 0.282 e. The van der Waals surface area contributed by atoms with E-state index in [0.29, 0.717) is 5.69 Å². The number of para-hydroxylation sites is 1. The van der Waals surface area contributed by atoms with Crippen LogP contribution in [0.5, 0.6) is 5.75 Å². The summed E-state index contributed by atoms with van der Waals surface area (Å²) in [5.41, 5.74) is 5.03. The first-order chi connectivity index (χ1) is 11.1. The van der Waals surface area contributed by atoms with Crippen LogP contribution in [0.25, 0.3) is 6.08 Å². The molecule has 5 heteroatoms. The van der Waals surface area contributed by atoms with Crippen LogP contribution >= 0.6 is 0 Å². The molecule has 23 heavy (non-hydrogen) atoms. The summed E-state index contributed by atoms with van der Waals surface area (Å²) in [6, 6.07) is 14.5. The zero-order valence-corrected chi connectivity index (χ0v) is 12.9. The van der Waals surface area contributed by atoms with Crippen molar-refractivity contribution in [1.29, 1.82) is 0 Å². The van der Waals surface area contributed by atoms with E-state index < -0.39 is 5.91 Å². The number of hydrogen-bond acceptors (Lipinski definition) is 3. The molecule has 5 nitrogen and oxygen atoms in total. The van der Waals surface area contributed by atoms with E-state index in [9.17, 15) is 9.59 Å². The zero-order chi connectivity index (χ0) is 16.4. The average molecular weight is 308 g/mol. The third-order valence-electron chi connectivity index (χ3n) is 3.64. The second kappa shape index (κ2) is 5.96. The molecule has 0 atom stereocenters. The van der Waals surface area contributed by atoms with E-state index in [0.717, 1.165) is 16.9 Å². The number of carbonyl (C=O) groups is 2. The van der Waals surface area contributed by atoms with E-state index in [1.54, 1.807) is 25.3 Å². The van der Waals surface area contributed by atoms with Crippen LogP contribution in [0, 0.1) is 6.92 Å². The lowest BCUT2D eigenvalue weighted by atomic mass is 10.1. The fourth-order valence-corrected chi connectivity index (χ4v) is 2.47. The van der Waals surface area contributed by atoms with Crippen molar-refractivity contribution >= 4 is 23.6 Å². The highest BCUT2D eigenvalue weighted by atomic mass is 16.5. The Morgan fingerprint density at radius 1 is 1.09 bits per heavy atom. The van der Waals surface area contributed by atoms with Crippen molar-refractivity contribution in [2.24, 2.45) is 0 Å². The van der Waals surface area contributed by atoms with Crippen molar-refractivity contribution in [1.82, 2.24) is 5.43 Å². The highest BCUT2D eigenvalue weighted by Crippen LogP contribution is 2.23. The fraction of sp³-hybridized carbons (Fsp3) is 0.111. The van der Waals surface area contributed by atoms with Crippen LogP contribution in [0.15, 0.2) is 54.1 Å². The van der Waals surface area contributed by atoms with Crippen LogP contribution in [0.2, 0.25) is 0 Å². The molecule has 0 saturated carbocycles. The van der Waals surface area contributed by atoms with Crippen molar-refractivity contribution in [3.8, 4) is 5.75 Å². The summed E-state index contributed by atoms with van der Waals surface area (Å²) >= 11 is 0. The second-order valence-corrected chi connectivity index (χ2v) is 5.20. The lowest BCUT2D eigenvalue weighted by molar-refractivity contribution is -0.117. The van der Waals surface area contributed by atoms with E-state index in [2.05, 4.69) is 5.43 Å². The highest BCUT2D eigenvalue weighted by Gasteiger charge is 2.34. The minimum absolute atomic E-state index is 0.110. The second-order valence-electron chi connectivity index (χ2n) is 5.20. The van der Waals surface area contributed by atoms with Gasteiger partial charge in [0.1, 0.15) is 11.3 Å². The van der Waals surface area contributed by atoms with Crippen molar-refractivity contribution in [3.63, 3.8) is 0 Å². The van der Waals surface area contributed by atoms with Crippen molar-refractivity contribution in [2.75, 3.05) is 12.1 Å². The summed E-state index contributed by atoms with van der Waals surface area (Å²) < 4.78 is 5.21. The summed E-state index contributed by atoms with van der Waals surface area (Å²) in [4.78, 5) is 24.6. The van der Waals surface area contributed by atoms with Gasteiger partial charge in [-0.25, -0.2) is 5.01 Å². The number of aryl methyl sites for hydroxylation is 1. The average Bonchev–Trinajstić information content (AvgIpc) is 2.84. The van der Waals surface area contributed by atoms with Gasteiger partial charge in [0, 0.05) is 0 Å². The molecular formula is C18H16N2O3. The first-order valence-electron chi connectivity index (χ1n) is 7.17. The summed E-state index contributed by atoms with van der Waals surface area (Å²) in [6.45, 7) is 1.91. The van der Waals surface area contributed by atoms with Crippen molar-refractivity contribution < 1.29 is 14.3 Å². The largest absolute Gasteiger partial charge is 0.496 e. The van der Waals surface area contributed by atoms with E-state index in [-0.39, 0.29) is 11.5 Å². The van der Waals surface area contributed by atoms with E-state index >= 15 is 0 Å². The first-order valence-corrected chi connectivity index (χ1v) is 7.17. The van der Waals surface area contributed by atoms with E-state index in [4.69, 9.17) is 4.74 Å². The number of nitrogens with zero attached hydrogens (tertiary/aromatic N) is 1. The molecule has 2 aromatic carbocycles.